The predicted molar refractivity (Wildman–Crippen MR) is 30.4 cm³/mol. The van der Waals surface area contributed by atoms with Gasteiger partial charge in [-0.15, -0.1) is 0 Å². The molecule has 0 aromatic heterocycles. The summed E-state index contributed by atoms with van der Waals surface area (Å²) in [6.45, 7) is 0. The number of halogens is 1. The minimum absolute atomic E-state index is 0.219. The minimum Gasteiger partial charge on any atom is -0.281 e. The van der Waals surface area contributed by atoms with Crippen LogP contribution in [0.2, 0.25) is 0 Å². The zero-order chi connectivity index (χ0) is 6.41. The number of rotatable bonds is 3. The molecule has 0 aliphatic heterocycles. The second kappa shape index (κ2) is 4.57. The second-order valence-electron chi connectivity index (χ2n) is 1.22. The van der Waals surface area contributed by atoms with Gasteiger partial charge in [-0.25, -0.2) is 4.79 Å². The standard InChI is InChI=1S/C5H5ClO2/c6-5(8)3-1-2-4-7/h2H,1,3H2. The summed E-state index contributed by atoms with van der Waals surface area (Å²) in [6.07, 6.45) is 1.85. The Labute approximate surface area is 52.1 Å². The van der Waals surface area contributed by atoms with Crippen LogP contribution >= 0.6 is 11.6 Å². The van der Waals surface area contributed by atoms with Crippen molar-refractivity contribution in [2.24, 2.45) is 0 Å². The highest BCUT2D eigenvalue weighted by Crippen LogP contribution is 1.92. The fourth-order valence-electron chi connectivity index (χ4n) is 0.245. The van der Waals surface area contributed by atoms with E-state index in [0.29, 0.717) is 6.42 Å². The third-order valence-corrected chi connectivity index (χ3v) is 0.758. The van der Waals surface area contributed by atoms with Gasteiger partial charge in [0.1, 0.15) is 5.94 Å². The van der Waals surface area contributed by atoms with Crippen LogP contribution in [0.25, 0.3) is 0 Å². The third-order valence-electron chi connectivity index (χ3n) is 0.569. The molecule has 3 heteroatoms. The van der Waals surface area contributed by atoms with Crippen molar-refractivity contribution < 1.29 is 9.59 Å². The van der Waals surface area contributed by atoms with E-state index < -0.39 is 5.24 Å². The molecule has 0 N–H and O–H groups in total. The van der Waals surface area contributed by atoms with Gasteiger partial charge in [0.15, 0.2) is 0 Å². The molecule has 44 valence electrons. The van der Waals surface area contributed by atoms with Crippen LogP contribution in [0.4, 0.5) is 0 Å². The van der Waals surface area contributed by atoms with E-state index in [0.717, 1.165) is 0 Å². The highest BCUT2D eigenvalue weighted by atomic mass is 35.5. The topological polar surface area (TPSA) is 34.1 Å². The maximum Gasteiger partial charge on any atom is 0.221 e. The Hall–Kier alpha value is -0.590. The molecule has 0 radical (unpaired) electrons. The van der Waals surface area contributed by atoms with Crippen molar-refractivity contribution in [1.29, 1.82) is 0 Å². The summed E-state index contributed by atoms with van der Waals surface area (Å²) < 4.78 is 0. The van der Waals surface area contributed by atoms with Gasteiger partial charge in [0.2, 0.25) is 5.24 Å². The molecule has 0 rings (SSSR count). The van der Waals surface area contributed by atoms with Gasteiger partial charge in [-0.05, 0) is 18.0 Å². The largest absolute Gasteiger partial charge is 0.281 e. The van der Waals surface area contributed by atoms with E-state index in [-0.39, 0.29) is 6.42 Å². The average Bonchev–Trinajstić information content (AvgIpc) is 1.66. The van der Waals surface area contributed by atoms with Crippen molar-refractivity contribution in [3.63, 3.8) is 0 Å². The lowest BCUT2D eigenvalue weighted by molar-refractivity contribution is -0.111. The number of hydrogen-bond acceptors (Lipinski definition) is 2. The van der Waals surface area contributed by atoms with E-state index in [4.69, 9.17) is 11.6 Å². The number of allylic oxidation sites excluding steroid dienone is 1. The summed E-state index contributed by atoms with van der Waals surface area (Å²) >= 11 is 4.92. The summed E-state index contributed by atoms with van der Waals surface area (Å²) in [5.74, 6) is 1.54. The van der Waals surface area contributed by atoms with Crippen LogP contribution in [-0.2, 0) is 9.59 Å². The van der Waals surface area contributed by atoms with Gasteiger partial charge in [-0.1, -0.05) is 0 Å². The Morgan fingerprint density at radius 2 is 2.38 bits per heavy atom. The summed E-state index contributed by atoms with van der Waals surface area (Å²) in [7, 11) is 0. The molecule has 0 aromatic rings. The monoisotopic (exact) mass is 132 g/mol. The van der Waals surface area contributed by atoms with Crippen molar-refractivity contribution >= 4 is 22.8 Å². The zero-order valence-electron chi connectivity index (χ0n) is 4.19. The Morgan fingerprint density at radius 1 is 1.75 bits per heavy atom. The Kier molecular flexibility index (Phi) is 4.23. The molecule has 0 spiro atoms. The maximum atomic E-state index is 9.93. The lowest BCUT2D eigenvalue weighted by Crippen LogP contribution is -1.81. The lowest BCUT2D eigenvalue weighted by Gasteiger charge is -1.79. The van der Waals surface area contributed by atoms with Crippen molar-refractivity contribution in [2.75, 3.05) is 0 Å². The molecule has 0 aliphatic rings. The van der Waals surface area contributed by atoms with Crippen LogP contribution in [0, 0.1) is 0 Å². The first kappa shape index (κ1) is 7.41. The van der Waals surface area contributed by atoms with Crippen LogP contribution in [0.15, 0.2) is 6.08 Å². The minimum atomic E-state index is -0.420. The van der Waals surface area contributed by atoms with Crippen LogP contribution in [0.1, 0.15) is 12.8 Å². The first-order valence-electron chi connectivity index (χ1n) is 2.15. The van der Waals surface area contributed by atoms with Crippen molar-refractivity contribution in [3.05, 3.63) is 6.08 Å². The maximum absolute atomic E-state index is 9.93. The predicted octanol–water partition coefficient (Wildman–Crippen LogP) is 0.920. The van der Waals surface area contributed by atoms with Gasteiger partial charge < -0.3 is 0 Å². The van der Waals surface area contributed by atoms with Crippen LogP contribution in [0.3, 0.4) is 0 Å². The fraction of sp³-hybridized carbons (Fsp3) is 0.400. The molecule has 2 nitrogen and oxygen atoms in total. The van der Waals surface area contributed by atoms with Crippen molar-refractivity contribution in [1.82, 2.24) is 0 Å². The number of carbonyl (C=O) groups excluding carboxylic acids is 2. The van der Waals surface area contributed by atoms with Crippen molar-refractivity contribution in [2.45, 2.75) is 12.8 Å². The SMILES string of the molecule is O=C=CCCC(=O)Cl. The normalized spacial score (nSPS) is 7.62. The summed E-state index contributed by atoms with van der Waals surface area (Å²) in [5.41, 5.74) is 0. The first-order valence-corrected chi connectivity index (χ1v) is 2.53. The van der Waals surface area contributed by atoms with E-state index in [1.807, 2.05) is 0 Å². The van der Waals surface area contributed by atoms with Gasteiger partial charge in [0.25, 0.3) is 0 Å². The first-order chi connectivity index (χ1) is 3.77. The molecule has 0 fully saturated rings. The molecular weight excluding hydrogens is 128 g/mol. The second-order valence-corrected chi connectivity index (χ2v) is 1.64. The average molecular weight is 133 g/mol. The van der Waals surface area contributed by atoms with E-state index in [2.05, 4.69) is 0 Å². The molecule has 8 heavy (non-hydrogen) atoms. The lowest BCUT2D eigenvalue weighted by atomic mass is 10.3. The molecule has 0 amide bonds. The molecule has 0 saturated heterocycles. The van der Waals surface area contributed by atoms with E-state index in [1.54, 1.807) is 0 Å². The van der Waals surface area contributed by atoms with Gasteiger partial charge >= 0.3 is 0 Å². The third kappa shape index (κ3) is 5.41. The Morgan fingerprint density at radius 3 is 2.75 bits per heavy atom. The Bertz CT molecular complexity index is 122. The van der Waals surface area contributed by atoms with Crippen LogP contribution in [0.5, 0.6) is 0 Å². The molecule has 0 heterocycles. The quantitative estimate of drug-likeness (QED) is 0.423. The Balaban J connectivity index is 3.18. The zero-order valence-corrected chi connectivity index (χ0v) is 4.94. The van der Waals surface area contributed by atoms with Crippen molar-refractivity contribution in [3.8, 4) is 0 Å². The molecule has 0 saturated carbocycles. The highest BCUT2D eigenvalue weighted by Gasteiger charge is 1.90. The van der Waals surface area contributed by atoms with Gasteiger partial charge in [-0.2, -0.15) is 0 Å². The highest BCUT2D eigenvalue weighted by molar-refractivity contribution is 6.63. The van der Waals surface area contributed by atoms with Crippen LogP contribution in [-0.4, -0.2) is 11.2 Å². The molecule has 0 atom stereocenters. The molecule has 0 aromatic carbocycles. The molecule has 0 aliphatic carbocycles. The van der Waals surface area contributed by atoms with Gasteiger partial charge in [0, 0.05) is 12.5 Å². The van der Waals surface area contributed by atoms with E-state index in [1.165, 1.54) is 12.0 Å². The van der Waals surface area contributed by atoms with Gasteiger partial charge in [0.05, 0.1) is 0 Å². The number of hydrogen-bond donors (Lipinski definition) is 0. The number of carbonyl (C=O) groups is 1. The summed E-state index contributed by atoms with van der Waals surface area (Å²) in [4.78, 5) is 19.4. The summed E-state index contributed by atoms with van der Waals surface area (Å²) in [5, 5.41) is -0.420. The summed E-state index contributed by atoms with van der Waals surface area (Å²) in [6, 6.07) is 0. The van der Waals surface area contributed by atoms with Gasteiger partial charge in [-0.3, -0.25) is 4.79 Å². The fourth-order valence-corrected chi connectivity index (χ4v) is 0.354. The molecule has 0 bridgehead atoms. The molecular formula is C5H5ClO2. The smallest absolute Gasteiger partial charge is 0.221 e. The molecule has 0 unspecified atom stereocenters. The van der Waals surface area contributed by atoms with E-state index >= 15 is 0 Å². The van der Waals surface area contributed by atoms with E-state index in [9.17, 15) is 9.59 Å². The van der Waals surface area contributed by atoms with Crippen LogP contribution < -0.4 is 0 Å².